The van der Waals surface area contributed by atoms with E-state index in [0.717, 1.165) is 18.1 Å². The molecule has 3 N–H and O–H groups in total. The van der Waals surface area contributed by atoms with Crippen LogP contribution in [0.25, 0.3) is 0 Å². The van der Waals surface area contributed by atoms with Gasteiger partial charge in [0.05, 0.1) is 32.8 Å². The van der Waals surface area contributed by atoms with Crippen LogP contribution in [0.5, 0.6) is 11.5 Å². The average molecular weight is 513 g/mol. The minimum absolute atomic E-state index is 0.0294. The van der Waals surface area contributed by atoms with Crippen molar-refractivity contribution in [1.29, 1.82) is 0 Å². The molecule has 6 nitrogen and oxygen atoms in total. The lowest BCUT2D eigenvalue weighted by Gasteiger charge is -2.25. The second kappa shape index (κ2) is 13.7. The Morgan fingerprint density at radius 1 is 0.946 bits per heavy atom. The summed E-state index contributed by atoms with van der Waals surface area (Å²) in [4.78, 5) is 13.0. The summed E-state index contributed by atoms with van der Waals surface area (Å²) in [5.74, 6) is -0.867. The van der Waals surface area contributed by atoms with Gasteiger partial charge in [0.2, 0.25) is 5.91 Å². The van der Waals surface area contributed by atoms with Crippen molar-refractivity contribution in [2.24, 2.45) is 0 Å². The highest BCUT2D eigenvalue weighted by Gasteiger charge is 2.23. The minimum atomic E-state index is -1.02. The van der Waals surface area contributed by atoms with E-state index < -0.39 is 23.8 Å². The molecule has 0 spiro atoms. The largest absolute Gasteiger partial charge is 0.493 e. The summed E-state index contributed by atoms with van der Waals surface area (Å²) in [6.07, 6.45) is -0.0773. The second-order valence-corrected chi connectivity index (χ2v) is 8.86. The van der Waals surface area contributed by atoms with Crippen molar-refractivity contribution in [3.8, 4) is 11.5 Å². The number of aliphatic hydroxyl groups is 1. The highest BCUT2D eigenvalue weighted by atomic mass is 19.1. The molecule has 0 radical (unpaired) electrons. The Balaban J connectivity index is 1.72. The monoisotopic (exact) mass is 512 g/mol. The van der Waals surface area contributed by atoms with Crippen molar-refractivity contribution in [3.05, 3.63) is 94.6 Å². The molecule has 0 unspecified atom stereocenters. The number of aliphatic hydroxyl groups excluding tert-OH is 1. The summed E-state index contributed by atoms with van der Waals surface area (Å²) >= 11 is 0. The number of hydrogen-bond acceptors (Lipinski definition) is 5. The van der Waals surface area contributed by atoms with Crippen LogP contribution >= 0.6 is 0 Å². The molecule has 0 aliphatic heterocycles. The summed E-state index contributed by atoms with van der Waals surface area (Å²) in [5.41, 5.74) is 3.23. The van der Waals surface area contributed by atoms with E-state index in [-0.39, 0.29) is 25.3 Å². The van der Waals surface area contributed by atoms with Crippen LogP contribution in [0.15, 0.2) is 60.7 Å². The molecule has 0 bridgehead atoms. The Hall–Kier alpha value is -3.49. The first-order chi connectivity index (χ1) is 17.8. The fraction of sp³-hybridized carbons (Fsp3) is 0.345. The maximum absolute atomic E-state index is 13.8. The van der Waals surface area contributed by atoms with E-state index in [9.17, 15) is 18.7 Å². The zero-order chi connectivity index (χ0) is 26.8. The van der Waals surface area contributed by atoms with Crippen molar-refractivity contribution >= 4 is 5.91 Å². The normalized spacial score (nSPS) is 12.6. The predicted molar refractivity (Wildman–Crippen MR) is 139 cm³/mol. The number of benzene rings is 3. The Morgan fingerprint density at radius 2 is 1.65 bits per heavy atom. The standard InChI is InChI=1S/C29H34F2N2O4/c1-4-19-7-5-8-20(11-19)17-32-18-26(34)25(14-21-12-23(30)16-24(31)13-21)33-28(35)15-22-9-6-10-27(36-2)29(22)37-3/h5-13,16,25-26,32,34H,4,14-15,17-18H2,1-3H3,(H,33,35)/t25-,26-/m0/s1. The van der Waals surface area contributed by atoms with Gasteiger partial charge in [0.25, 0.3) is 0 Å². The molecule has 3 aromatic carbocycles. The molecule has 3 aromatic rings. The lowest BCUT2D eigenvalue weighted by molar-refractivity contribution is -0.122. The third kappa shape index (κ3) is 8.27. The van der Waals surface area contributed by atoms with Gasteiger partial charge in [-0.2, -0.15) is 0 Å². The summed E-state index contributed by atoms with van der Waals surface area (Å²) in [6, 6.07) is 15.8. The molecule has 0 saturated carbocycles. The Labute approximate surface area is 216 Å². The van der Waals surface area contributed by atoms with E-state index in [1.165, 1.54) is 31.9 Å². The molecule has 37 heavy (non-hydrogen) atoms. The molecule has 0 saturated heterocycles. The average Bonchev–Trinajstić information content (AvgIpc) is 2.87. The molecule has 0 aliphatic rings. The third-order valence-corrected chi connectivity index (χ3v) is 6.11. The third-order valence-electron chi connectivity index (χ3n) is 6.11. The molecule has 0 fully saturated rings. The van der Waals surface area contributed by atoms with Crippen LogP contribution in [0.1, 0.15) is 29.2 Å². The van der Waals surface area contributed by atoms with Gasteiger partial charge in [-0.1, -0.05) is 43.3 Å². The fourth-order valence-electron chi connectivity index (χ4n) is 4.26. The van der Waals surface area contributed by atoms with Gasteiger partial charge in [0.15, 0.2) is 11.5 Å². The number of para-hydroxylation sites is 1. The van der Waals surface area contributed by atoms with Crippen LogP contribution in [0.3, 0.4) is 0 Å². The molecule has 198 valence electrons. The van der Waals surface area contributed by atoms with Crippen LogP contribution in [-0.4, -0.2) is 43.9 Å². The number of nitrogens with one attached hydrogen (secondary N) is 2. The molecule has 0 heterocycles. The van der Waals surface area contributed by atoms with Crippen molar-refractivity contribution in [1.82, 2.24) is 10.6 Å². The summed E-state index contributed by atoms with van der Waals surface area (Å²) in [5, 5.41) is 17.0. The number of ether oxygens (including phenoxy) is 2. The number of hydrogen-bond donors (Lipinski definition) is 3. The predicted octanol–water partition coefficient (Wildman–Crippen LogP) is 3.97. The first-order valence-electron chi connectivity index (χ1n) is 12.2. The van der Waals surface area contributed by atoms with Gasteiger partial charge in [-0.05, 0) is 47.7 Å². The van der Waals surface area contributed by atoms with Gasteiger partial charge >= 0.3 is 0 Å². The van der Waals surface area contributed by atoms with Gasteiger partial charge < -0.3 is 25.2 Å². The van der Waals surface area contributed by atoms with E-state index in [2.05, 4.69) is 29.7 Å². The number of methoxy groups -OCH3 is 2. The molecular weight excluding hydrogens is 478 g/mol. The van der Waals surface area contributed by atoms with E-state index in [0.29, 0.717) is 29.2 Å². The number of aryl methyl sites for hydroxylation is 1. The molecule has 1 amide bonds. The number of rotatable bonds is 13. The maximum atomic E-state index is 13.8. The highest BCUT2D eigenvalue weighted by molar-refractivity contribution is 5.80. The number of amides is 1. The fourth-order valence-corrected chi connectivity index (χ4v) is 4.26. The quantitative estimate of drug-likeness (QED) is 0.323. The lowest BCUT2D eigenvalue weighted by Crippen LogP contribution is -2.49. The van der Waals surface area contributed by atoms with Crippen LogP contribution in [0, 0.1) is 11.6 Å². The molecule has 3 rings (SSSR count). The van der Waals surface area contributed by atoms with Gasteiger partial charge in [-0.3, -0.25) is 4.79 Å². The van der Waals surface area contributed by atoms with Gasteiger partial charge in [0.1, 0.15) is 11.6 Å². The number of carbonyl (C=O) groups is 1. The van der Waals surface area contributed by atoms with Crippen molar-refractivity contribution in [2.45, 2.75) is 44.9 Å². The topological polar surface area (TPSA) is 79.8 Å². The minimum Gasteiger partial charge on any atom is -0.493 e. The number of carbonyl (C=O) groups excluding carboxylic acids is 1. The van der Waals surface area contributed by atoms with E-state index in [4.69, 9.17) is 9.47 Å². The zero-order valence-electron chi connectivity index (χ0n) is 21.4. The highest BCUT2D eigenvalue weighted by Crippen LogP contribution is 2.31. The van der Waals surface area contributed by atoms with Crippen LogP contribution in [-0.2, 0) is 30.6 Å². The summed E-state index contributed by atoms with van der Waals surface area (Å²) < 4.78 is 38.3. The first kappa shape index (κ1) is 28.1. The molecule has 0 aromatic heterocycles. The summed E-state index contributed by atoms with van der Waals surface area (Å²) in [6.45, 7) is 2.78. The van der Waals surface area contributed by atoms with Gasteiger partial charge in [-0.25, -0.2) is 8.78 Å². The zero-order valence-corrected chi connectivity index (χ0v) is 21.4. The first-order valence-corrected chi connectivity index (χ1v) is 12.2. The Bertz CT molecular complexity index is 1170. The van der Waals surface area contributed by atoms with E-state index in [1.54, 1.807) is 18.2 Å². The van der Waals surface area contributed by atoms with Crippen molar-refractivity contribution in [2.75, 3.05) is 20.8 Å². The Morgan fingerprint density at radius 3 is 2.32 bits per heavy atom. The smallest absolute Gasteiger partial charge is 0.224 e. The Kier molecular flexibility index (Phi) is 10.4. The van der Waals surface area contributed by atoms with E-state index >= 15 is 0 Å². The van der Waals surface area contributed by atoms with E-state index in [1.807, 2.05) is 12.1 Å². The van der Waals surface area contributed by atoms with Crippen molar-refractivity contribution in [3.63, 3.8) is 0 Å². The van der Waals surface area contributed by atoms with Gasteiger partial charge in [-0.15, -0.1) is 0 Å². The second-order valence-electron chi connectivity index (χ2n) is 8.86. The maximum Gasteiger partial charge on any atom is 0.224 e. The molecule has 2 atom stereocenters. The molecule has 0 aliphatic carbocycles. The van der Waals surface area contributed by atoms with Gasteiger partial charge in [0, 0.05) is 24.7 Å². The number of halogens is 2. The van der Waals surface area contributed by atoms with Crippen LogP contribution in [0.4, 0.5) is 8.78 Å². The summed E-state index contributed by atoms with van der Waals surface area (Å²) in [7, 11) is 3.00. The van der Waals surface area contributed by atoms with Crippen LogP contribution in [0.2, 0.25) is 0 Å². The lowest BCUT2D eigenvalue weighted by atomic mass is 9.99. The SMILES string of the molecule is CCc1cccc(CNC[C@H](O)[C@H](Cc2cc(F)cc(F)c2)NC(=O)Cc2cccc(OC)c2OC)c1. The molecule has 8 heteroatoms. The van der Waals surface area contributed by atoms with Crippen LogP contribution < -0.4 is 20.1 Å². The molecular formula is C29H34F2N2O4. The van der Waals surface area contributed by atoms with Crippen molar-refractivity contribution < 1.29 is 28.2 Å².